The van der Waals surface area contributed by atoms with Crippen LogP contribution in [0.3, 0.4) is 0 Å². The summed E-state index contributed by atoms with van der Waals surface area (Å²) in [6.07, 6.45) is 4.13. The van der Waals surface area contributed by atoms with Gasteiger partial charge in [0.2, 0.25) is 11.8 Å². The number of methoxy groups -OCH3 is 1. The third kappa shape index (κ3) is 5.15. The first-order chi connectivity index (χ1) is 14.0. The second-order valence-corrected chi connectivity index (χ2v) is 7.85. The number of carbonyl (C=O) groups excluding carboxylic acids is 3. The zero-order valence-corrected chi connectivity index (χ0v) is 17.3. The summed E-state index contributed by atoms with van der Waals surface area (Å²) in [5, 5.41) is 6.02. The minimum Gasteiger partial charge on any atom is -0.379 e. The molecule has 1 heterocycles. The smallest absolute Gasteiger partial charge is 0.251 e. The highest BCUT2D eigenvalue weighted by Crippen LogP contribution is 2.28. The number of nitrogens with one attached hydrogen (secondary N) is 2. The molecule has 1 saturated carbocycles. The Bertz CT molecular complexity index is 751. The summed E-state index contributed by atoms with van der Waals surface area (Å²) < 4.78 is 5.60. The SMILES string of the molecule is CCCNC(=O)[C@H]1CC[C@@H](NC(=O)c2cccc(N3CCCC3=O)c2)[C@H](OC)C1. The van der Waals surface area contributed by atoms with Crippen molar-refractivity contribution in [1.82, 2.24) is 10.6 Å². The Hall–Kier alpha value is -2.41. The molecule has 3 rings (SSSR count). The number of hydrogen-bond donors (Lipinski definition) is 2. The molecule has 2 N–H and O–H groups in total. The van der Waals surface area contributed by atoms with Gasteiger partial charge in [0.1, 0.15) is 0 Å². The molecule has 0 spiro atoms. The molecule has 0 unspecified atom stereocenters. The number of hydrogen-bond acceptors (Lipinski definition) is 4. The molecule has 0 bridgehead atoms. The maximum absolute atomic E-state index is 12.8. The van der Waals surface area contributed by atoms with Gasteiger partial charge in [0, 0.05) is 43.8 Å². The zero-order chi connectivity index (χ0) is 20.8. The van der Waals surface area contributed by atoms with Crippen molar-refractivity contribution in [3.8, 4) is 0 Å². The Kier molecular flexibility index (Phi) is 7.25. The zero-order valence-electron chi connectivity index (χ0n) is 17.3. The van der Waals surface area contributed by atoms with Crippen molar-refractivity contribution >= 4 is 23.4 Å². The first-order valence-electron chi connectivity index (χ1n) is 10.5. The summed E-state index contributed by atoms with van der Waals surface area (Å²) in [4.78, 5) is 38.8. The monoisotopic (exact) mass is 401 g/mol. The summed E-state index contributed by atoms with van der Waals surface area (Å²) in [7, 11) is 1.62. The highest BCUT2D eigenvalue weighted by molar-refractivity contribution is 5.99. The first kappa shape index (κ1) is 21.3. The quantitative estimate of drug-likeness (QED) is 0.734. The standard InChI is InChI=1S/C22H31N3O4/c1-3-11-23-21(27)16-9-10-18(19(14-16)29-2)24-22(28)15-6-4-7-17(13-15)25-12-5-8-20(25)26/h4,6-7,13,16,18-19H,3,5,8-12,14H2,1-2H3,(H,23,27)(H,24,28)/t16-,18+,19+/m0/s1. The molecule has 2 aliphatic rings. The van der Waals surface area contributed by atoms with Gasteiger partial charge in [0.15, 0.2) is 0 Å². The Balaban J connectivity index is 1.61. The fourth-order valence-corrected chi connectivity index (χ4v) is 4.17. The molecule has 1 aromatic carbocycles. The van der Waals surface area contributed by atoms with E-state index in [1.807, 2.05) is 13.0 Å². The van der Waals surface area contributed by atoms with Crippen LogP contribution in [0.4, 0.5) is 5.69 Å². The van der Waals surface area contributed by atoms with E-state index in [4.69, 9.17) is 4.74 Å². The van der Waals surface area contributed by atoms with Gasteiger partial charge >= 0.3 is 0 Å². The number of carbonyl (C=O) groups is 3. The lowest BCUT2D eigenvalue weighted by molar-refractivity contribution is -0.128. The molecule has 1 aliphatic heterocycles. The second kappa shape index (κ2) is 9.87. The van der Waals surface area contributed by atoms with E-state index in [1.165, 1.54) is 0 Å². The van der Waals surface area contributed by atoms with Crippen LogP contribution in [0.1, 0.15) is 55.8 Å². The largest absolute Gasteiger partial charge is 0.379 e. The van der Waals surface area contributed by atoms with Gasteiger partial charge in [-0.2, -0.15) is 0 Å². The van der Waals surface area contributed by atoms with Crippen LogP contribution in [0.5, 0.6) is 0 Å². The molecule has 2 fully saturated rings. The summed E-state index contributed by atoms with van der Waals surface area (Å²) in [6, 6.07) is 7.05. The van der Waals surface area contributed by atoms with E-state index >= 15 is 0 Å². The molecule has 0 radical (unpaired) electrons. The van der Waals surface area contributed by atoms with E-state index in [1.54, 1.807) is 30.2 Å². The van der Waals surface area contributed by atoms with Gasteiger partial charge in [0.05, 0.1) is 12.1 Å². The van der Waals surface area contributed by atoms with Crippen LogP contribution in [0, 0.1) is 5.92 Å². The van der Waals surface area contributed by atoms with E-state index in [0.717, 1.165) is 24.9 Å². The van der Waals surface area contributed by atoms with Crippen LogP contribution in [-0.2, 0) is 14.3 Å². The number of amides is 3. The van der Waals surface area contributed by atoms with E-state index < -0.39 is 0 Å². The number of benzene rings is 1. The van der Waals surface area contributed by atoms with Crippen molar-refractivity contribution in [1.29, 1.82) is 0 Å². The summed E-state index contributed by atoms with van der Waals surface area (Å²) in [5.41, 5.74) is 1.29. The average molecular weight is 402 g/mol. The van der Waals surface area contributed by atoms with Gasteiger partial charge < -0.3 is 20.3 Å². The number of nitrogens with zero attached hydrogens (tertiary/aromatic N) is 1. The van der Waals surface area contributed by atoms with Crippen LogP contribution in [-0.4, -0.2) is 50.1 Å². The summed E-state index contributed by atoms with van der Waals surface area (Å²) in [6.45, 7) is 3.40. The minimum atomic E-state index is -0.201. The number of anilines is 1. The van der Waals surface area contributed by atoms with Crippen LogP contribution in [0.2, 0.25) is 0 Å². The number of ether oxygens (including phenoxy) is 1. The van der Waals surface area contributed by atoms with Crippen LogP contribution in [0.25, 0.3) is 0 Å². The van der Waals surface area contributed by atoms with Crippen molar-refractivity contribution in [3.63, 3.8) is 0 Å². The van der Waals surface area contributed by atoms with Crippen molar-refractivity contribution in [3.05, 3.63) is 29.8 Å². The molecule has 3 amide bonds. The highest BCUT2D eigenvalue weighted by Gasteiger charge is 2.35. The summed E-state index contributed by atoms with van der Waals surface area (Å²) in [5.74, 6) is -0.0908. The first-order valence-corrected chi connectivity index (χ1v) is 10.5. The van der Waals surface area contributed by atoms with Gasteiger partial charge in [-0.3, -0.25) is 14.4 Å². The molecule has 1 saturated heterocycles. The summed E-state index contributed by atoms with van der Waals surface area (Å²) >= 11 is 0. The lowest BCUT2D eigenvalue weighted by Gasteiger charge is -2.35. The van der Waals surface area contributed by atoms with Crippen molar-refractivity contribution in [2.45, 2.75) is 57.6 Å². The topological polar surface area (TPSA) is 87.7 Å². The Morgan fingerprint density at radius 1 is 1.28 bits per heavy atom. The normalized spacial score (nSPS) is 24.4. The Labute approximate surface area is 172 Å². The molecule has 0 aromatic heterocycles. The second-order valence-electron chi connectivity index (χ2n) is 7.85. The fourth-order valence-electron chi connectivity index (χ4n) is 4.17. The van der Waals surface area contributed by atoms with E-state index in [-0.39, 0.29) is 35.8 Å². The van der Waals surface area contributed by atoms with Crippen LogP contribution in [0.15, 0.2) is 24.3 Å². The third-order valence-corrected chi connectivity index (χ3v) is 5.82. The van der Waals surface area contributed by atoms with Gasteiger partial charge in [0.25, 0.3) is 5.91 Å². The van der Waals surface area contributed by atoms with Crippen molar-refractivity contribution in [2.24, 2.45) is 5.92 Å². The van der Waals surface area contributed by atoms with Crippen molar-refractivity contribution in [2.75, 3.05) is 25.1 Å². The Morgan fingerprint density at radius 3 is 2.79 bits per heavy atom. The molecule has 1 aliphatic carbocycles. The molecule has 3 atom stereocenters. The fraction of sp³-hybridized carbons (Fsp3) is 0.591. The predicted molar refractivity (Wildman–Crippen MR) is 111 cm³/mol. The molecule has 29 heavy (non-hydrogen) atoms. The maximum Gasteiger partial charge on any atom is 0.251 e. The predicted octanol–water partition coefficient (Wildman–Crippen LogP) is 2.25. The van der Waals surface area contributed by atoms with Crippen LogP contribution >= 0.6 is 0 Å². The van der Waals surface area contributed by atoms with Gasteiger partial charge in [-0.25, -0.2) is 0 Å². The molecule has 1 aromatic rings. The molecule has 158 valence electrons. The van der Waals surface area contributed by atoms with Crippen LogP contribution < -0.4 is 15.5 Å². The lowest BCUT2D eigenvalue weighted by atomic mass is 9.83. The molecular weight excluding hydrogens is 370 g/mol. The Morgan fingerprint density at radius 2 is 2.10 bits per heavy atom. The molecule has 7 heteroatoms. The number of rotatable bonds is 7. The third-order valence-electron chi connectivity index (χ3n) is 5.82. The molecule has 7 nitrogen and oxygen atoms in total. The van der Waals surface area contributed by atoms with E-state index in [0.29, 0.717) is 37.9 Å². The molecular formula is C22H31N3O4. The van der Waals surface area contributed by atoms with E-state index in [2.05, 4.69) is 10.6 Å². The van der Waals surface area contributed by atoms with Gasteiger partial charge in [-0.05, 0) is 50.3 Å². The lowest BCUT2D eigenvalue weighted by Crippen LogP contribution is -2.49. The van der Waals surface area contributed by atoms with Gasteiger partial charge in [-0.1, -0.05) is 13.0 Å². The minimum absolute atomic E-state index is 0.0710. The van der Waals surface area contributed by atoms with Gasteiger partial charge in [-0.15, -0.1) is 0 Å². The highest BCUT2D eigenvalue weighted by atomic mass is 16.5. The van der Waals surface area contributed by atoms with E-state index in [9.17, 15) is 14.4 Å². The average Bonchev–Trinajstić information content (AvgIpc) is 3.18. The maximum atomic E-state index is 12.8. The van der Waals surface area contributed by atoms with Crippen molar-refractivity contribution < 1.29 is 19.1 Å².